The molecule has 0 aliphatic carbocycles. The van der Waals surface area contributed by atoms with Crippen LogP contribution in [0.15, 0.2) is 30.6 Å². The Hall–Kier alpha value is -2.37. The van der Waals surface area contributed by atoms with Crippen LogP contribution in [0.25, 0.3) is 11.2 Å². The van der Waals surface area contributed by atoms with Crippen molar-refractivity contribution in [2.75, 3.05) is 0 Å². The van der Waals surface area contributed by atoms with Gasteiger partial charge in [-0.15, -0.1) is 0 Å². The molecule has 1 heterocycles. The Morgan fingerprint density at radius 3 is 2.50 bits per heavy atom. The predicted octanol–water partition coefficient (Wildman–Crippen LogP) is 0.798. The summed E-state index contributed by atoms with van der Waals surface area (Å²) in [6, 6.07) is 2.84. The minimum absolute atomic E-state index is 0.109. The first kappa shape index (κ1) is 12.1. The minimum atomic E-state index is -1.10. The average Bonchev–Trinajstić information content (AvgIpc) is 2.31. The lowest BCUT2D eigenvalue weighted by atomic mass is 10.0. The number of benzene rings is 1. The van der Waals surface area contributed by atoms with Crippen LogP contribution in [-0.4, -0.2) is 5.91 Å². The van der Waals surface area contributed by atoms with Crippen molar-refractivity contribution in [2.24, 2.45) is 5.73 Å². The third-order valence-corrected chi connectivity index (χ3v) is 2.55. The lowest BCUT2D eigenvalue weighted by Crippen LogP contribution is -2.22. The lowest BCUT2D eigenvalue weighted by molar-refractivity contribution is 0.0999. The molecule has 0 aliphatic heterocycles. The maximum absolute atomic E-state index is 11.3. The van der Waals surface area contributed by atoms with E-state index in [1.165, 1.54) is 12.1 Å². The topological polar surface area (TPSA) is 104 Å². The number of hydrogen-bond acceptors (Lipinski definition) is 5. The average molecular weight is 249 g/mol. The molecule has 0 unspecified atom stereocenters. The van der Waals surface area contributed by atoms with Crippen molar-refractivity contribution in [2.45, 2.75) is 19.8 Å². The van der Waals surface area contributed by atoms with E-state index in [9.17, 15) is 14.4 Å². The van der Waals surface area contributed by atoms with Crippen molar-refractivity contribution in [1.29, 1.82) is 0 Å². The number of fused-ring (bicyclic) bond motifs is 1. The van der Waals surface area contributed by atoms with E-state index in [0.29, 0.717) is 12.0 Å². The Kier molecular flexibility index (Phi) is 3.01. The van der Waals surface area contributed by atoms with Gasteiger partial charge in [0, 0.05) is 11.1 Å². The highest BCUT2D eigenvalue weighted by atomic mass is 16.5. The van der Waals surface area contributed by atoms with E-state index in [-0.39, 0.29) is 16.7 Å². The quantitative estimate of drug-likeness (QED) is 0.810. The van der Waals surface area contributed by atoms with Crippen molar-refractivity contribution < 1.29 is 13.6 Å². The number of nitrogens with two attached hydrogens (primary N) is 1. The van der Waals surface area contributed by atoms with Gasteiger partial charge in [0.2, 0.25) is 5.91 Å². The first-order chi connectivity index (χ1) is 8.54. The van der Waals surface area contributed by atoms with Crippen LogP contribution in [0.5, 0.6) is 0 Å². The molecule has 2 N–H and O–H groups in total. The Labute approximate surface area is 101 Å². The summed E-state index contributed by atoms with van der Waals surface area (Å²) in [7, 11) is 0. The summed E-state index contributed by atoms with van der Waals surface area (Å²) < 4.78 is 9.70. The molecule has 2 aromatic rings. The van der Waals surface area contributed by atoms with Crippen LogP contribution in [0, 0.1) is 0 Å². The van der Waals surface area contributed by atoms with Crippen LogP contribution in [0.4, 0.5) is 0 Å². The normalized spacial score (nSPS) is 10.7. The summed E-state index contributed by atoms with van der Waals surface area (Å²) in [6.45, 7) is 1.90. The summed E-state index contributed by atoms with van der Waals surface area (Å²) in [6.07, 6.45) is 1.22. The number of hydrogen-bond donors (Lipinski definition) is 1. The number of rotatable bonds is 3. The lowest BCUT2D eigenvalue weighted by Gasteiger charge is -2.07. The van der Waals surface area contributed by atoms with Gasteiger partial charge in [0.1, 0.15) is 0 Å². The fourth-order valence-electron chi connectivity index (χ4n) is 1.80. The Balaban J connectivity index is 2.88. The molecule has 0 bridgehead atoms. The van der Waals surface area contributed by atoms with Gasteiger partial charge in [-0.2, -0.15) is 0 Å². The molecule has 2 rings (SSSR count). The number of carbonyl (C=O) groups is 1. The molecule has 0 aliphatic rings. The van der Waals surface area contributed by atoms with E-state index < -0.39 is 17.2 Å². The highest BCUT2D eigenvalue weighted by Gasteiger charge is 2.16. The fraction of sp³-hybridized carbons (Fsp3) is 0.250. The molecule has 1 amide bonds. The van der Waals surface area contributed by atoms with Crippen molar-refractivity contribution in [3.8, 4) is 0 Å². The maximum Gasteiger partial charge on any atom is 0.423 e. The van der Waals surface area contributed by atoms with Crippen molar-refractivity contribution in [3.63, 3.8) is 0 Å². The van der Waals surface area contributed by atoms with Gasteiger partial charge < -0.3 is 14.6 Å². The van der Waals surface area contributed by atoms with Gasteiger partial charge in [-0.25, -0.2) is 9.59 Å². The molecule has 0 fully saturated rings. The van der Waals surface area contributed by atoms with E-state index in [4.69, 9.17) is 14.6 Å². The van der Waals surface area contributed by atoms with Crippen LogP contribution < -0.4 is 17.0 Å². The largest absolute Gasteiger partial charge is 0.423 e. The zero-order valence-corrected chi connectivity index (χ0v) is 9.69. The van der Waals surface area contributed by atoms with E-state index in [1.807, 2.05) is 6.92 Å². The zero-order chi connectivity index (χ0) is 13.3. The molecule has 6 heteroatoms. The van der Waals surface area contributed by atoms with Crippen molar-refractivity contribution >= 4 is 17.1 Å². The van der Waals surface area contributed by atoms with Gasteiger partial charge in [0.15, 0.2) is 11.2 Å². The Morgan fingerprint density at radius 2 is 1.89 bits per heavy atom. The summed E-state index contributed by atoms with van der Waals surface area (Å²) in [5.74, 6) is -0.616. The maximum atomic E-state index is 11.3. The number of primary amides is 1. The standard InChI is InChI=1S/C12H11NO5/c1-2-3-6-7(10(13)14)4-5-8-9(6)18-12(16)11(15)17-8/h4-5H,2-3H2,1H3,(H2,13,14). The van der Waals surface area contributed by atoms with Gasteiger partial charge in [0.25, 0.3) is 0 Å². The Morgan fingerprint density at radius 1 is 1.22 bits per heavy atom. The molecule has 0 saturated carbocycles. The monoisotopic (exact) mass is 249 g/mol. The number of carbonyl (C=O) groups excluding carboxylic acids is 1. The number of amides is 1. The molecule has 94 valence electrons. The minimum Gasteiger partial charge on any atom is -0.414 e. The molecule has 1 aromatic carbocycles. The van der Waals surface area contributed by atoms with Crippen LogP contribution >= 0.6 is 0 Å². The summed E-state index contributed by atoms with van der Waals surface area (Å²) in [4.78, 5) is 33.5. The van der Waals surface area contributed by atoms with E-state index >= 15 is 0 Å². The molecule has 0 saturated heterocycles. The smallest absolute Gasteiger partial charge is 0.414 e. The molecule has 0 radical (unpaired) electrons. The molecule has 0 atom stereocenters. The van der Waals surface area contributed by atoms with Gasteiger partial charge >= 0.3 is 11.3 Å². The molecular formula is C12H11NO5. The zero-order valence-electron chi connectivity index (χ0n) is 9.69. The van der Waals surface area contributed by atoms with E-state index in [0.717, 1.165) is 6.42 Å². The summed E-state index contributed by atoms with van der Waals surface area (Å²) >= 11 is 0. The molecule has 1 aromatic heterocycles. The highest BCUT2D eigenvalue weighted by Crippen LogP contribution is 2.21. The van der Waals surface area contributed by atoms with Gasteiger partial charge in [-0.1, -0.05) is 13.3 Å². The second kappa shape index (κ2) is 4.48. The van der Waals surface area contributed by atoms with Crippen molar-refractivity contribution in [3.05, 3.63) is 44.1 Å². The Bertz CT molecular complexity index is 725. The van der Waals surface area contributed by atoms with Crippen molar-refractivity contribution in [1.82, 2.24) is 0 Å². The molecule has 0 spiro atoms. The molecule has 6 nitrogen and oxygen atoms in total. The molecule has 18 heavy (non-hydrogen) atoms. The highest BCUT2D eigenvalue weighted by molar-refractivity contribution is 5.98. The summed E-state index contributed by atoms with van der Waals surface area (Å²) in [5, 5.41) is 0. The van der Waals surface area contributed by atoms with Crippen LogP contribution in [0.1, 0.15) is 29.3 Å². The first-order valence-electron chi connectivity index (χ1n) is 5.44. The van der Waals surface area contributed by atoms with Gasteiger partial charge in [-0.3, -0.25) is 4.79 Å². The second-order valence-corrected chi connectivity index (χ2v) is 3.81. The van der Waals surface area contributed by atoms with Crippen LogP contribution in [0.2, 0.25) is 0 Å². The van der Waals surface area contributed by atoms with Gasteiger partial charge in [-0.05, 0) is 18.6 Å². The SMILES string of the molecule is CCCc1c(C(N)=O)ccc2oc(=O)c(=O)oc12. The summed E-state index contributed by atoms with van der Waals surface area (Å²) in [5.41, 5.74) is 4.08. The third kappa shape index (κ3) is 1.92. The first-order valence-corrected chi connectivity index (χ1v) is 5.44. The third-order valence-electron chi connectivity index (χ3n) is 2.55. The number of aryl methyl sites for hydroxylation is 1. The van der Waals surface area contributed by atoms with Crippen LogP contribution in [0.3, 0.4) is 0 Å². The van der Waals surface area contributed by atoms with E-state index in [1.54, 1.807) is 0 Å². The fourth-order valence-corrected chi connectivity index (χ4v) is 1.80. The second-order valence-electron chi connectivity index (χ2n) is 3.81. The van der Waals surface area contributed by atoms with Crippen LogP contribution in [-0.2, 0) is 6.42 Å². The van der Waals surface area contributed by atoms with Gasteiger partial charge in [0.05, 0.1) is 0 Å². The molecular weight excluding hydrogens is 238 g/mol. The predicted molar refractivity (Wildman–Crippen MR) is 63.5 cm³/mol. The van der Waals surface area contributed by atoms with E-state index in [2.05, 4.69) is 0 Å².